The first-order valence-corrected chi connectivity index (χ1v) is 7.73. The Morgan fingerprint density at radius 3 is 2.52 bits per heavy atom. The van der Waals surface area contributed by atoms with Crippen molar-refractivity contribution in [3.8, 4) is 5.75 Å². The third kappa shape index (κ3) is 4.00. The third-order valence-electron chi connectivity index (χ3n) is 3.59. The number of aryl methyl sites for hydroxylation is 1. The molecule has 5 nitrogen and oxygen atoms in total. The second-order valence-corrected chi connectivity index (χ2v) is 5.41. The second-order valence-electron chi connectivity index (χ2n) is 5.41. The zero-order valence-electron chi connectivity index (χ0n) is 13.7. The Kier molecular flexibility index (Phi) is 5.57. The van der Waals surface area contributed by atoms with Crippen LogP contribution in [0.5, 0.6) is 5.75 Å². The zero-order chi connectivity index (χ0) is 16.8. The standard InChI is InChI=1S/C18H22N2O3/c1-4-10-19-18(22)17-12(2)16(13(3)20-17)15(21)11-23-14-8-6-5-7-9-14/h5-9,20H,4,10-11H2,1-3H3,(H,19,22). The van der Waals surface area contributed by atoms with Crippen molar-refractivity contribution in [2.75, 3.05) is 13.2 Å². The smallest absolute Gasteiger partial charge is 0.268 e. The Hall–Kier alpha value is -2.56. The normalized spacial score (nSPS) is 10.4. The molecule has 0 unspecified atom stereocenters. The number of hydrogen-bond acceptors (Lipinski definition) is 3. The van der Waals surface area contributed by atoms with E-state index in [1.165, 1.54) is 0 Å². The number of ether oxygens (including phenoxy) is 1. The van der Waals surface area contributed by atoms with Crippen LogP contribution >= 0.6 is 0 Å². The zero-order valence-corrected chi connectivity index (χ0v) is 13.7. The first-order chi connectivity index (χ1) is 11.0. The quantitative estimate of drug-likeness (QED) is 0.772. The van der Waals surface area contributed by atoms with Crippen LogP contribution in [0.15, 0.2) is 30.3 Å². The molecule has 0 saturated carbocycles. The van der Waals surface area contributed by atoms with Gasteiger partial charge in [-0.2, -0.15) is 0 Å². The summed E-state index contributed by atoms with van der Waals surface area (Å²) >= 11 is 0. The lowest BCUT2D eigenvalue weighted by Gasteiger charge is -2.06. The Morgan fingerprint density at radius 1 is 1.17 bits per heavy atom. The number of carbonyl (C=O) groups is 2. The van der Waals surface area contributed by atoms with Gasteiger partial charge < -0.3 is 15.0 Å². The molecule has 122 valence electrons. The van der Waals surface area contributed by atoms with Crippen molar-refractivity contribution in [2.45, 2.75) is 27.2 Å². The van der Waals surface area contributed by atoms with Crippen molar-refractivity contribution in [3.63, 3.8) is 0 Å². The molecule has 0 atom stereocenters. The van der Waals surface area contributed by atoms with Gasteiger partial charge in [0.25, 0.3) is 5.91 Å². The van der Waals surface area contributed by atoms with Crippen LogP contribution in [0, 0.1) is 13.8 Å². The molecule has 1 aromatic heterocycles. The van der Waals surface area contributed by atoms with Crippen molar-refractivity contribution in [2.24, 2.45) is 0 Å². The van der Waals surface area contributed by atoms with E-state index in [9.17, 15) is 9.59 Å². The van der Waals surface area contributed by atoms with Gasteiger partial charge in [-0.15, -0.1) is 0 Å². The second kappa shape index (κ2) is 7.63. The van der Waals surface area contributed by atoms with E-state index in [1.54, 1.807) is 26.0 Å². The van der Waals surface area contributed by atoms with Crippen molar-refractivity contribution >= 4 is 11.7 Å². The first-order valence-electron chi connectivity index (χ1n) is 7.73. The largest absolute Gasteiger partial charge is 0.485 e. The van der Waals surface area contributed by atoms with Gasteiger partial charge in [0.1, 0.15) is 11.4 Å². The number of nitrogens with one attached hydrogen (secondary N) is 2. The average Bonchev–Trinajstić information content (AvgIpc) is 2.86. The average molecular weight is 314 g/mol. The van der Waals surface area contributed by atoms with E-state index in [1.807, 2.05) is 25.1 Å². The molecular formula is C18H22N2O3. The van der Waals surface area contributed by atoms with Gasteiger partial charge in [-0.1, -0.05) is 25.1 Å². The maximum absolute atomic E-state index is 12.4. The van der Waals surface area contributed by atoms with Gasteiger partial charge in [0, 0.05) is 17.8 Å². The molecule has 5 heteroatoms. The molecule has 0 saturated heterocycles. The summed E-state index contributed by atoms with van der Waals surface area (Å²) in [6.07, 6.45) is 0.862. The maximum atomic E-state index is 12.4. The minimum absolute atomic E-state index is 0.0560. The number of amides is 1. The Bertz CT molecular complexity index is 690. The monoisotopic (exact) mass is 314 g/mol. The van der Waals surface area contributed by atoms with Crippen LogP contribution in [0.25, 0.3) is 0 Å². The van der Waals surface area contributed by atoms with Crippen molar-refractivity contribution in [3.05, 3.63) is 52.8 Å². The van der Waals surface area contributed by atoms with Gasteiger partial charge in [-0.25, -0.2) is 0 Å². The Morgan fingerprint density at radius 2 is 1.87 bits per heavy atom. The molecule has 0 fully saturated rings. The molecule has 2 aromatic rings. The lowest BCUT2D eigenvalue weighted by atomic mass is 10.1. The predicted octanol–water partition coefficient (Wildman–Crippen LogP) is 3.03. The van der Waals surface area contributed by atoms with Gasteiger partial charge in [0.05, 0.1) is 0 Å². The van der Waals surface area contributed by atoms with E-state index >= 15 is 0 Å². The van der Waals surface area contributed by atoms with E-state index in [2.05, 4.69) is 10.3 Å². The SMILES string of the molecule is CCCNC(=O)c1[nH]c(C)c(C(=O)COc2ccccc2)c1C. The summed E-state index contributed by atoms with van der Waals surface area (Å²) in [5.74, 6) is 0.317. The third-order valence-corrected chi connectivity index (χ3v) is 3.59. The number of para-hydroxylation sites is 1. The van der Waals surface area contributed by atoms with Crippen LogP contribution in [-0.2, 0) is 0 Å². The summed E-state index contributed by atoms with van der Waals surface area (Å²) in [6, 6.07) is 9.18. The minimum atomic E-state index is -0.185. The van der Waals surface area contributed by atoms with Gasteiger partial charge in [-0.3, -0.25) is 9.59 Å². The maximum Gasteiger partial charge on any atom is 0.268 e. The molecule has 23 heavy (non-hydrogen) atoms. The van der Waals surface area contributed by atoms with E-state index in [4.69, 9.17) is 4.74 Å². The minimum Gasteiger partial charge on any atom is -0.485 e. The fourth-order valence-electron chi connectivity index (χ4n) is 2.46. The molecule has 0 radical (unpaired) electrons. The number of benzene rings is 1. The molecule has 1 heterocycles. The number of Topliss-reactive ketones (excluding diaryl/α,β-unsaturated/α-hetero) is 1. The van der Waals surface area contributed by atoms with Crippen LogP contribution in [0.2, 0.25) is 0 Å². The lowest BCUT2D eigenvalue weighted by molar-refractivity contribution is 0.0920. The van der Waals surface area contributed by atoms with Crippen LogP contribution in [0.1, 0.15) is 45.4 Å². The summed E-state index contributed by atoms with van der Waals surface area (Å²) in [5, 5.41) is 2.81. The van der Waals surface area contributed by atoms with Crippen molar-refractivity contribution < 1.29 is 14.3 Å². The first kappa shape index (κ1) is 16.8. The summed E-state index contributed by atoms with van der Waals surface area (Å²) in [6.45, 7) is 6.11. The summed E-state index contributed by atoms with van der Waals surface area (Å²) in [7, 11) is 0. The summed E-state index contributed by atoms with van der Waals surface area (Å²) < 4.78 is 5.50. The number of hydrogen-bond donors (Lipinski definition) is 2. The summed E-state index contributed by atoms with van der Waals surface area (Å²) in [5.41, 5.74) is 2.32. The highest BCUT2D eigenvalue weighted by Crippen LogP contribution is 2.19. The number of rotatable bonds is 7. The van der Waals surface area contributed by atoms with Crippen LogP contribution in [-0.4, -0.2) is 29.8 Å². The van der Waals surface area contributed by atoms with Gasteiger partial charge in [0.2, 0.25) is 5.78 Å². The Balaban J connectivity index is 2.11. The van der Waals surface area contributed by atoms with Crippen LogP contribution in [0.3, 0.4) is 0 Å². The van der Waals surface area contributed by atoms with E-state index in [0.717, 1.165) is 6.42 Å². The molecular weight excluding hydrogens is 292 g/mol. The fourth-order valence-corrected chi connectivity index (χ4v) is 2.46. The van der Waals surface area contributed by atoms with E-state index in [-0.39, 0.29) is 18.3 Å². The number of carbonyl (C=O) groups excluding carboxylic acids is 2. The lowest BCUT2D eigenvalue weighted by Crippen LogP contribution is -2.25. The van der Waals surface area contributed by atoms with Gasteiger partial charge in [-0.05, 0) is 38.0 Å². The highest BCUT2D eigenvalue weighted by atomic mass is 16.5. The van der Waals surface area contributed by atoms with Crippen molar-refractivity contribution in [1.29, 1.82) is 0 Å². The fraction of sp³-hybridized carbons (Fsp3) is 0.333. The summed E-state index contributed by atoms with van der Waals surface area (Å²) in [4.78, 5) is 27.6. The molecule has 2 rings (SSSR count). The van der Waals surface area contributed by atoms with Crippen molar-refractivity contribution in [1.82, 2.24) is 10.3 Å². The number of aromatic nitrogens is 1. The molecule has 1 aromatic carbocycles. The van der Waals surface area contributed by atoms with Gasteiger partial charge in [0.15, 0.2) is 6.61 Å². The number of H-pyrrole nitrogens is 1. The van der Waals surface area contributed by atoms with Crippen LogP contribution < -0.4 is 10.1 Å². The van der Waals surface area contributed by atoms with Crippen LogP contribution in [0.4, 0.5) is 0 Å². The molecule has 0 aliphatic rings. The molecule has 0 bridgehead atoms. The highest BCUT2D eigenvalue weighted by Gasteiger charge is 2.21. The highest BCUT2D eigenvalue weighted by molar-refractivity contribution is 6.04. The van der Waals surface area contributed by atoms with E-state index < -0.39 is 0 Å². The van der Waals surface area contributed by atoms with E-state index in [0.29, 0.717) is 34.8 Å². The molecule has 0 aliphatic heterocycles. The van der Waals surface area contributed by atoms with Gasteiger partial charge >= 0.3 is 0 Å². The topological polar surface area (TPSA) is 71.2 Å². The predicted molar refractivity (Wildman–Crippen MR) is 89.2 cm³/mol. The molecule has 2 N–H and O–H groups in total. The molecule has 0 aliphatic carbocycles. The molecule has 0 spiro atoms. The number of aromatic amines is 1. The molecule has 1 amide bonds. The Labute approximate surface area is 136 Å². The number of ketones is 1.